The Bertz CT molecular complexity index is 589. The minimum atomic E-state index is -0.0388. The highest BCUT2D eigenvalue weighted by Crippen LogP contribution is 2.41. The van der Waals surface area contributed by atoms with Gasteiger partial charge in [-0.15, -0.1) is 0 Å². The Hall–Kier alpha value is -1.65. The minimum Gasteiger partial charge on any atom is -0.375 e. The van der Waals surface area contributed by atoms with Gasteiger partial charge in [0.25, 0.3) is 0 Å². The number of amides is 1. The molecule has 4 nitrogen and oxygen atoms in total. The summed E-state index contributed by atoms with van der Waals surface area (Å²) < 4.78 is 6.24. The van der Waals surface area contributed by atoms with Crippen molar-refractivity contribution in [3.63, 3.8) is 0 Å². The van der Waals surface area contributed by atoms with Gasteiger partial charge in [-0.05, 0) is 51.3 Å². The van der Waals surface area contributed by atoms with Crippen LogP contribution in [0.5, 0.6) is 0 Å². The van der Waals surface area contributed by atoms with E-state index in [2.05, 4.69) is 35.2 Å². The molecular formula is C21H30N2O2. The molecule has 1 aromatic carbocycles. The van der Waals surface area contributed by atoms with Crippen molar-refractivity contribution in [2.45, 2.75) is 37.2 Å². The largest absolute Gasteiger partial charge is 0.375 e. The van der Waals surface area contributed by atoms with Crippen LogP contribution in [0.15, 0.2) is 42.5 Å². The van der Waals surface area contributed by atoms with Gasteiger partial charge >= 0.3 is 0 Å². The fourth-order valence-corrected chi connectivity index (χ4v) is 3.99. The molecule has 2 aliphatic rings. The number of carbonyl (C=O) groups is 1. The number of ether oxygens (including phenoxy) is 1. The number of likely N-dealkylation sites (tertiary alicyclic amines) is 1. The number of likely N-dealkylation sites (N-methyl/N-ethyl adjacent to an activating group) is 1. The highest BCUT2D eigenvalue weighted by atomic mass is 16.5. The van der Waals surface area contributed by atoms with Crippen LogP contribution >= 0.6 is 0 Å². The molecule has 2 saturated heterocycles. The number of rotatable bonds is 4. The number of hydrogen-bond acceptors (Lipinski definition) is 3. The van der Waals surface area contributed by atoms with Gasteiger partial charge in [-0.2, -0.15) is 0 Å². The molecule has 0 radical (unpaired) electrons. The molecule has 0 N–H and O–H groups in total. The molecule has 1 aromatic rings. The second-order valence-corrected chi connectivity index (χ2v) is 7.62. The van der Waals surface area contributed by atoms with Gasteiger partial charge in [0.05, 0.1) is 5.60 Å². The quantitative estimate of drug-likeness (QED) is 0.789. The number of benzene rings is 1. The van der Waals surface area contributed by atoms with Crippen LogP contribution in [0, 0.1) is 0 Å². The van der Waals surface area contributed by atoms with E-state index in [1.54, 1.807) is 6.08 Å². The molecule has 1 amide bonds. The van der Waals surface area contributed by atoms with Crippen LogP contribution in [0.4, 0.5) is 0 Å². The van der Waals surface area contributed by atoms with Gasteiger partial charge in [-0.3, -0.25) is 4.79 Å². The molecule has 2 fully saturated rings. The van der Waals surface area contributed by atoms with Gasteiger partial charge in [-0.25, -0.2) is 0 Å². The van der Waals surface area contributed by atoms with Crippen molar-refractivity contribution in [3.05, 3.63) is 48.0 Å². The molecule has 1 atom stereocenters. The molecule has 2 heterocycles. The van der Waals surface area contributed by atoms with E-state index < -0.39 is 0 Å². The molecule has 25 heavy (non-hydrogen) atoms. The van der Waals surface area contributed by atoms with Crippen LogP contribution in [0.2, 0.25) is 0 Å². The van der Waals surface area contributed by atoms with Crippen LogP contribution in [0.3, 0.4) is 0 Å². The Morgan fingerprint density at radius 2 is 2.00 bits per heavy atom. The van der Waals surface area contributed by atoms with Gasteiger partial charge in [0.2, 0.25) is 5.91 Å². The molecule has 0 bridgehead atoms. The molecule has 0 saturated carbocycles. The number of carbonyl (C=O) groups excluding carboxylic acids is 1. The predicted octanol–water partition coefficient (Wildman–Crippen LogP) is 3.06. The van der Waals surface area contributed by atoms with Crippen molar-refractivity contribution in [3.8, 4) is 0 Å². The third kappa shape index (κ3) is 4.71. The molecule has 3 rings (SSSR count). The van der Waals surface area contributed by atoms with E-state index in [0.29, 0.717) is 5.92 Å². The predicted molar refractivity (Wildman–Crippen MR) is 101 cm³/mol. The Labute approximate surface area is 151 Å². The number of piperidine rings is 1. The monoisotopic (exact) mass is 342 g/mol. The summed E-state index contributed by atoms with van der Waals surface area (Å²) in [5.74, 6) is 0.712. The lowest BCUT2D eigenvalue weighted by molar-refractivity contribution is -0.140. The van der Waals surface area contributed by atoms with Crippen molar-refractivity contribution >= 4 is 5.91 Å². The van der Waals surface area contributed by atoms with Crippen molar-refractivity contribution < 1.29 is 9.53 Å². The van der Waals surface area contributed by atoms with Crippen molar-refractivity contribution in [2.75, 3.05) is 40.3 Å². The van der Waals surface area contributed by atoms with Gasteiger partial charge in [0.1, 0.15) is 0 Å². The summed E-state index contributed by atoms with van der Waals surface area (Å²) in [6.45, 7) is 3.22. The summed E-state index contributed by atoms with van der Waals surface area (Å²) in [6, 6.07) is 10.8. The highest BCUT2D eigenvalue weighted by Gasteiger charge is 2.41. The van der Waals surface area contributed by atoms with Crippen LogP contribution in [-0.2, 0) is 9.53 Å². The molecular weight excluding hydrogens is 312 g/mol. The highest BCUT2D eigenvalue weighted by molar-refractivity contribution is 5.87. The van der Waals surface area contributed by atoms with Gasteiger partial charge in [0.15, 0.2) is 0 Å². The van der Waals surface area contributed by atoms with E-state index in [1.165, 1.54) is 5.56 Å². The molecule has 2 aliphatic heterocycles. The fourth-order valence-electron chi connectivity index (χ4n) is 3.99. The summed E-state index contributed by atoms with van der Waals surface area (Å²) in [6.07, 6.45) is 7.73. The van der Waals surface area contributed by atoms with Crippen LogP contribution < -0.4 is 0 Å². The molecule has 0 aromatic heterocycles. The second kappa shape index (κ2) is 8.15. The molecule has 1 spiro atoms. The average Bonchev–Trinajstić information content (AvgIpc) is 2.63. The Morgan fingerprint density at radius 3 is 2.68 bits per heavy atom. The van der Waals surface area contributed by atoms with Crippen LogP contribution in [0.25, 0.3) is 0 Å². The Balaban J connectivity index is 1.55. The third-order valence-electron chi connectivity index (χ3n) is 5.48. The first-order chi connectivity index (χ1) is 12.1. The lowest BCUT2D eigenvalue weighted by Crippen LogP contribution is -2.50. The van der Waals surface area contributed by atoms with Crippen molar-refractivity contribution in [1.82, 2.24) is 9.80 Å². The summed E-state index contributed by atoms with van der Waals surface area (Å²) in [7, 11) is 4.01. The summed E-state index contributed by atoms with van der Waals surface area (Å²) in [5, 5.41) is 0. The molecule has 136 valence electrons. The summed E-state index contributed by atoms with van der Waals surface area (Å²) in [4.78, 5) is 16.3. The smallest absolute Gasteiger partial charge is 0.246 e. The van der Waals surface area contributed by atoms with Gasteiger partial charge < -0.3 is 14.5 Å². The zero-order valence-electron chi connectivity index (χ0n) is 15.5. The molecule has 4 heteroatoms. The maximum atomic E-state index is 12.3. The Morgan fingerprint density at radius 1 is 1.28 bits per heavy atom. The van der Waals surface area contributed by atoms with E-state index in [4.69, 9.17) is 4.74 Å². The van der Waals surface area contributed by atoms with E-state index in [1.807, 2.05) is 25.1 Å². The fraction of sp³-hybridized carbons (Fsp3) is 0.571. The second-order valence-electron chi connectivity index (χ2n) is 7.62. The van der Waals surface area contributed by atoms with E-state index in [-0.39, 0.29) is 11.5 Å². The number of hydrogen-bond donors (Lipinski definition) is 0. The first-order valence-corrected chi connectivity index (χ1v) is 9.37. The maximum Gasteiger partial charge on any atom is 0.246 e. The molecule has 0 aliphatic carbocycles. The third-order valence-corrected chi connectivity index (χ3v) is 5.48. The number of nitrogens with zero attached hydrogens (tertiary/aromatic N) is 2. The van der Waals surface area contributed by atoms with E-state index in [9.17, 15) is 4.79 Å². The van der Waals surface area contributed by atoms with Crippen molar-refractivity contribution in [2.24, 2.45) is 0 Å². The van der Waals surface area contributed by atoms with Crippen molar-refractivity contribution in [1.29, 1.82) is 0 Å². The summed E-state index contributed by atoms with van der Waals surface area (Å²) >= 11 is 0. The normalized spacial score (nSPS) is 23.5. The average molecular weight is 342 g/mol. The lowest BCUT2D eigenvalue weighted by Gasteiger charge is -2.46. The molecule has 0 unspecified atom stereocenters. The standard InChI is InChI=1S/C21H30N2O2/c1-22(2)13-6-9-20(24)23-14-11-21(12-15-23)17-19(10-16-25-21)18-7-4-3-5-8-18/h3-9,19H,10-17H2,1-2H3/b9-6+/t19-/m1/s1. The minimum absolute atomic E-state index is 0.0388. The topological polar surface area (TPSA) is 32.8 Å². The zero-order valence-corrected chi connectivity index (χ0v) is 15.5. The summed E-state index contributed by atoms with van der Waals surface area (Å²) in [5.41, 5.74) is 1.39. The van der Waals surface area contributed by atoms with Gasteiger partial charge in [-0.1, -0.05) is 36.4 Å². The van der Waals surface area contributed by atoms with E-state index in [0.717, 1.165) is 51.9 Å². The first-order valence-electron chi connectivity index (χ1n) is 9.37. The van der Waals surface area contributed by atoms with Gasteiger partial charge in [0, 0.05) is 32.3 Å². The SMILES string of the molecule is CN(C)C/C=C/C(=O)N1CCC2(CC1)C[C@H](c1ccccc1)CCO2. The van der Waals surface area contributed by atoms with E-state index >= 15 is 0 Å². The van der Waals surface area contributed by atoms with Crippen LogP contribution in [0.1, 0.15) is 37.2 Å². The Kier molecular flexibility index (Phi) is 5.92. The maximum absolute atomic E-state index is 12.3. The zero-order chi connectivity index (χ0) is 17.7. The lowest BCUT2D eigenvalue weighted by atomic mass is 9.77. The first kappa shape index (κ1) is 18.2. The van der Waals surface area contributed by atoms with Crippen LogP contribution in [-0.4, -0.2) is 61.6 Å².